The molecule has 1 unspecified atom stereocenters. The minimum absolute atomic E-state index is 0. The molecule has 0 saturated heterocycles. The number of amides is 1. The highest BCUT2D eigenvalue weighted by Crippen LogP contribution is 2.41. The van der Waals surface area contributed by atoms with E-state index in [0.29, 0.717) is 30.9 Å². The van der Waals surface area contributed by atoms with E-state index < -0.39 is 40.8 Å². The molecule has 0 radical (unpaired) electrons. The molecule has 0 bridgehead atoms. The lowest BCUT2D eigenvalue weighted by molar-refractivity contribution is -0.143. The Morgan fingerprint density at radius 1 is 0.972 bits per heavy atom. The van der Waals surface area contributed by atoms with E-state index in [0.717, 1.165) is 24.9 Å². The van der Waals surface area contributed by atoms with Crippen molar-refractivity contribution in [2.75, 3.05) is 20.6 Å². The highest BCUT2D eigenvalue weighted by atomic mass is 35.5. The van der Waals surface area contributed by atoms with Gasteiger partial charge in [-0.3, -0.25) is 4.79 Å². The Morgan fingerprint density at radius 2 is 1.47 bits per heavy atom. The maximum atomic E-state index is 13.3. The largest absolute Gasteiger partial charge is 0.416 e. The summed E-state index contributed by atoms with van der Waals surface area (Å²) in [6.07, 6.45) is -7.01. The molecule has 200 valence electrons. The highest BCUT2D eigenvalue weighted by molar-refractivity contribution is 5.85. The summed E-state index contributed by atoms with van der Waals surface area (Å²) in [5.74, 6) is -1.38. The summed E-state index contributed by atoms with van der Waals surface area (Å²) >= 11 is 0. The van der Waals surface area contributed by atoms with Crippen LogP contribution in [0.15, 0.2) is 48.5 Å². The predicted octanol–water partition coefficient (Wildman–Crippen LogP) is 7.01. The van der Waals surface area contributed by atoms with Crippen molar-refractivity contribution in [2.45, 2.75) is 56.4 Å². The van der Waals surface area contributed by atoms with Crippen molar-refractivity contribution >= 4 is 18.3 Å². The van der Waals surface area contributed by atoms with Crippen LogP contribution in [0.1, 0.15) is 60.8 Å². The van der Waals surface area contributed by atoms with Gasteiger partial charge >= 0.3 is 12.4 Å². The maximum absolute atomic E-state index is 13.3. The molecule has 3 nitrogen and oxygen atoms in total. The molecule has 3 rings (SSSR count). The highest BCUT2D eigenvalue weighted by Gasteiger charge is 2.41. The lowest BCUT2D eigenvalue weighted by Crippen LogP contribution is -2.50. The SMILES string of the molecule is CC(C(=O)NC1(c2ccccc2)CCC(CN(C)C)CC1)c1cc(C(F)(F)F)cc(C(F)(F)F)c1.Cl. The van der Waals surface area contributed by atoms with Crippen molar-refractivity contribution in [1.29, 1.82) is 0 Å². The quantitative estimate of drug-likeness (QED) is 0.403. The molecule has 1 saturated carbocycles. The molecule has 1 atom stereocenters. The summed E-state index contributed by atoms with van der Waals surface area (Å²) in [7, 11) is 3.99. The summed E-state index contributed by atoms with van der Waals surface area (Å²) < 4.78 is 79.9. The molecular weight excluding hydrogens is 506 g/mol. The number of rotatable bonds is 6. The minimum atomic E-state index is -4.97. The Hall–Kier alpha value is -2.26. The van der Waals surface area contributed by atoms with E-state index in [2.05, 4.69) is 10.2 Å². The molecule has 1 N–H and O–H groups in total. The van der Waals surface area contributed by atoms with Crippen molar-refractivity contribution in [3.05, 3.63) is 70.8 Å². The Balaban J connectivity index is 0.00000456. The Kier molecular flexibility index (Phi) is 9.51. The first-order valence-corrected chi connectivity index (χ1v) is 11.5. The second kappa shape index (κ2) is 11.4. The molecule has 0 aromatic heterocycles. The van der Waals surface area contributed by atoms with Crippen molar-refractivity contribution in [3.63, 3.8) is 0 Å². The first kappa shape index (κ1) is 30.0. The number of alkyl halides is 6. The molecule has 1 aliphatic rings. The first-order valence-electron chi connectivity index (χ1n) is 11.5. The van der Waals surface area contributed by atoms with Crippen molar-refractivity contribution in [3.8, 4) is 0 Å². The van der Waals surface area contributed by atoms with Crippen molar-refractivity contribution in [2.24, 2.45) is 5.92 Å². The average molecular weight is 537 g/mol. The average Bonchev–Trinajstić information content (AvgIpc) is 2.78. The summed E-state index contributed by atoms with van der Waals surface area (Å²) in [6, 6.07) is 10.7. The van der Waals surface area contributed by atoms with Crippen LogP contribution in [-0.2, 0) is 22.7 Å². The molecule has 2 aromatic carbocycles. The van der Waals surface area contributed by atoms with Gasteiger partial charge in [0.2, 0.25) is 5.91 Å². The first-order chi connectivity index (χ1) is 16.2. The molecule has 1 fully saturated rings. The number of carbonyl (C=O) groups is 1. The van der Waals surface area contributed by atoms with Gasteiger partial charge in [0.05, 0.1) is 22.6 Å². The fourth-order valence-electron chi connectivity index (χ4n) is 4.84. The Morgan fingerprint density at radius 3 is 1.92 bits per heavy atom. The van der Waals surface area contributed by atoms with E-state index in [1.165, 1.54) is 6.92 Å². The van der Waals surface area contributed by atoms with Gasteiger partial charge in [-0.15, -0.1) is 12.4 Å². The fourth-order valence-corrected chi connectivity index (χ4v) is 4.84. The third-order valence-corrected chi connectivity index (χ3v) is 6.77. The summed E-state index contributed by atoms with van der Waals surface area (Å²) in [6.45, 7) is 2.24. The van der Waals surface area contributed by atoms with Gasteiger partial charge in [0.15, 0.2) is 0 Å². The van der Waals surface area contributed by atoms with Gasteiger partial charge in [-0.2, -0.15) is 26.3 Å². The zero-order valence-corrected chi connectivity index (χ0v) is 21.2. The van der Waals surface area contributed by atoms with Crippen LogP contribution in [0, 0.1) is 5.92 Å². The van der Waals surface area contributed by atoms with Gasteiger partial charge in [0, 0.05) is 6.54 Å². The smallest absolute Gasteiger partial charge is 0.346 e. The van der Waals surface area contributed by atoms with E-state index in [9.17, 15) is 31.1 Å². The number of nitrogens with zero attached hydrogens (tertiary/aromatic N) is 1. The molecular formula is C26H31ClF6N2O. The number of carbonyl (C=O) groups excluding carboxylic acids is 1. The van der Waals surface area contributed by atoms with Gasteiger partial charge < -0.3 is 10.2 Å². The molecule has 0 aliphatic heterocycles. The number of benzene rings is 2. The molecule has 0 heterocycles. The van der Waals surface area contributed by atoms with Crippen LogP contribution in [0.5, 0.6) is 0 Å². The molecule has 10 heteroatoms. The number of halogens is 7. The lowest BCUT2D eigenvalue weighted by Gasteiger charge is -2.42. The van der Waals surface area contributed by atoms with Crippen LogP contribution in [0.4, 0.5) is 26.3 Å². The van der Waals surface area contributed by atoms with Gasteiger partial charge in [-0.25, -0.2) is 0 Å². The van der Waals surface area contributed by atoms with Gasteiger partial charge in [-0.05, 0) is 81.9 Å². The summed E-state index contributed by atoms with van der Waals surface area (Å²) in [5, 5.41) is 3.02. The second-order valence-corrected chi connectivity index (χ2v) is 9.70. The van der Waals surface area contributed by atoms with Gasteiger partial charge in [0.1, 0.15) is 0 Å². The number of hydrogen-bond acceptors (Lipinski definition) is 2. The molecule has 36 heavy (non-hydrogen) atoms. The third kappa shape index (κ3) is 7.16. The molecule has 1 aliphatic carbocycles. The van der Waals surface area contributed by atoms with Crippen LogP contribution in [0.25, 0.3) is 0 Å². The molecule has 1 amide bonds. The van der Waals surface area contributed by atoms with Crippen LogP contribution in [0.2, 0.25) is 0 Å². The predicted molar refractivity (Wildman–Crippen MR) is 129 cm³/mol. The van der Waals surface area contributed by atoms with Gasteiger partial charge in [0.25, 0.3) is 0 Å². The van der Waals surface area contributed by atoms with E-state index in [-0.39, 0.29) is 24.0 Å². The second-order valence-electron chi connectivity index (χ2n) is 9.70. The lowest BCUT2D eigenvalue weighted by atomic mass is 9.72. The zero-order valence-electron chi connectivity index (χ0n) is 20.3. The van der Waals surface area contributed by atoms with E-state index in [1.54, 1.807) is 0 Å². The maximum Gasteiger partial charge on any atom is 0.416 e. The van der Waals surface area contributed by atoms with Crippen LogP contribution in [-0.4, -0.2) is 31.4 Å². The number of hydrogen-bond donors (Lipinski definition) is 1. The normalized spacial score (nSPS) is 21.6. The standard InChI is InChI=1S/C26H30F6N2O.ClH/c1-17(19-13-21(25(27,28)29)15-22(14-19)26(30,31)32)23(35)33-24(20-7-5-4-6-8-20)11-9-18(10-12-24)16-34(2)3;/h4-8,13-15,17-18H,9-12,16H2,1-3H3,(H,33,35);1H. The van der Waals surface area contributed by atoms with Gasteiger partial charge in [-0.1, -0.05) is 30.3 Å². The van der Waals surface area contributed by atoms with Crippen molar-refractivity contribution < 1.29 is 31.1 Å². The third-order valence-electron chi connectivity index (χ3n) is 6.77. The summed E-state index contributed by atoms with van der Waals surface area (Å²) in [5.41, 5.74) is -3.03. The minimum Gasteiger partial charge on any atom is -0.346 e. The zero-order chi connectivity index (χ0) is 26.0. The number of nitrogens with one attached hydrogen (secondary N) is 1. The topological polar surface area (TPSA) is 32.3 Å². The Labute approximate surface area is 213 Å². The van der Waals surface area contributed by atoms with Crippen molar-refractivity contribution in [1.82, 2.24) is 10.2 Å². The van der Waals surface area contributed by atoms with E-state index in [1.807, 2.05) is 44.4 Å². The van der Waals surface area contributed by atoms with E-state index >= 15 is 0 Å². The van der Waals surface area contributed by atoms with E-state index in [4.69, 9.17) is 0 Å². The Bertz CT molecular complexity index is 983. The monoisotopic (exact) mass is 536 g/mol. The van der Waals surface area contributed by atoms with Crippen LogP contribution < -0.4 is 5.32 Å². The molecule has 0 spiro atoms. The van der Waals surface area contributed by atoms with Crippen LogP contribution >= 0.6 is 12.4 Å². The summed E-state index contributed by atoms with van der Waals surface area (Å²) in [4.78, 5) is 15.4. The van der Waals surface area contributed by atoms with Crippen LogP contribution in [0.3, 0.4) is 0 Å². The molecule has 2 aromatic rings. The fraction of sp³-hybridized carbons (Fsp3) is 0.500.